The van der Waals surface area contributed by atoms with E-state index in [1.54, 1.807) is 11.3 Å². The van der Waals surface area contributed by atoms with Crippen molar-refractivity contribution in [1.82, 2.24) is 0 Å². The Bertz CT molecular complexity index is 541. The van der Waals surface area contributed by atoms with Crippen LogP contribution < -0.4 is 5.32 Å². The summed E-state index contributed by atoms with van der Waals surface area (Å²) in [6.45, 7) is 11.3. The molecule has 0 aliphatic heterocycles. The number of hydrogen-bond donors (Lipinski definition) is 1. The van der Waals surface area contributed by atoms with Crippen LogP contribution in [0, 0.1) is 0 Å². The molecule has 0 amide bonds. The number of rotatable bonds is 5. The molecule has 2 rings (SSSR count). The summed E-state index contributed by atoms with van der Waals surface area (Å²) in [5.41, 5.74) is 5.46. The van der Waals surface area contributed by atoms with Gasteiger partial charge in [-0.3, -0.25) is 0 Å². The van der Waals surface area contributed by atoms with Crippen molar-refractivity contribution >= 4 is 17.0 Å². The summed E-state index contributed by atoms with van der Waals surface area (Å²) in [6.07, 6.45) is 0. The lowest BCUT2D eigenvalue weighted by Gasteiger charge is -2.21. The molecule has 1 unspecified atom stereocenters. The highest BCUT2D eigenvalue weighted by atomic mass is 32.1. The number of benzene rings is 1. The van der Waals surface area contributed by atoms with E-state index in [1.165, 1.54) is 22.4 Å². The Labute approximate surface area is 127 Å². The Morgan fingerprint density at radius 1 is 0.900 bits per heavy atom. The van der Waals surface area contributed by atoms with Gasteiger partial charge in [0.15, 0.2) is 0 Å². The van der Waals surface area contributed by atoms with Crippen LogP contribution in [0.3, 0.4) is 0 Å². The lowest BCUT2D eigenvalue weighted by atomic mass is 9.94. The Morgan fingerprint density at radius 3 is 2.20 bits per heavy atom. The monoisotopic (exact) mass is 287 g/mol. The molecule has 0 saturated carbocycles. The predicted octanol–water partition coefficient (Wildman–Crippen LogP) is 6.17. The van der Waals surface area contributed by atoms with Gasteiger partial charge < -0.3 is 5.32 Å². The summed E-state index contributed by atoms with van der Waals surface area (Å²) in [7, 11) is 0. The minimum Gasteiger partial charge on any atom is -0.378 e. The molecular formula is C18H25NS. The van der Waals surface area contributed by atoms with E-state index in [2.05, 4.69) is 75.0 Å². The van der Waals surface area contributed by atoms with Crippen LogP contribution in [0.4, 0.5) is 5.69 Å². The van der Waals surface area contributed by atoms with E-state index in [9.17, 15) is 0 Å². The van der Waals surface area contributed by atoms with Crippen molar-refractivity contribution in [1.29, 1.82) is 0 Å². The second-order valence-electron chi connectivity index (χ2n) is 6.08. The van der Waals surface area contributed by atoms with Crippen LogP contribution in [0.2, 0.25) is 0 Å². The second-order valence-corrected chi connectivity index (χ2v) is 6.86. The third-order valence-electron chi connectivity index (χ3n) is 3.78. The van der Waals surface area contributed by atoms with Crippen LogP contribution in [0.1, 0.15) is 69.2 Å². The molecule has 1 aromatic carbocycles. The first-order valence-electron chi connectivity index (χ1n) is 7.41. The number of nitrogens with one attached hydrogen (secondary N) is 1. The molecule has 0 bridgehead atoms. The van der Waals surface area contributed by atoms with Crippen LogP contribution in [0.25, 0.3) is 0 Å². The van der Waals surface area contributed by atoms with Gasteiger partial charge in [0.2, 0.25) is 0 Å². The van der Waals surface area contributed by atoms with Crippen molar-refractivity contribution in [2.75, 3.05) is 5.32 Å². The van der Waals surface area contributed by atoms with Gasteiger partial charge in [0.25, 0.3) is 0 Å². The molecule has 1 nitrogen and oxygen atoms in total. The van der Waals surface area contributed by atoms with Gasteiger partial charge in [-0.05, 0) is 58.3 Å². The zero-order valence-corrected chi connectivity index (χ0v) is 13.9. The lowest BCUT2D eigenvalue weighted by molar-refractivity contribution is 0.822. The summed E-state index contributed by atoms with van der Waals surface area (Å²) in [5, 5.41) is 8.02. The molecule has 1 heterocycles. The van der Waals surface area contributed by atoms with Gasteiger partial charge in [-0.15, -0.1) is 0 Å². The standard InChI is InChI=1S/C18H25NS/c1-12(2)15-6-7-18(17(10-15)13(3)4)19-14(5)16-8-9-20-11-16/h6-14,19H,1-5H3. The molecule has 2 heteroatoms. The van der Waals surface area contributed by atoms with Crippen molar-refractivity contribution in [3.05, 3.63) is 51.7 Å². The molecule has 1 aromatic heterocycles. The van der Waals surface area contributed by atoms with Gasteiger partial charge in [0, 0.05) is 11.7 Å². The van der Waals surface area contributed by atoms with Crippen LogP contribution >= 0.6 is 11.3 Å². The second kappa shape index (κ2) is 6.45. The van der Waals surface area contributed by atoms with Crippen LogP contribution in [-0.4, -0.2) is 0 Å². The molecule has 0 radical (unpaired) electrons. The molecule has 0 fully saturated rings. The van der Waals surface area contributed by atoms with Crippen LogP contribution in [-0.2, 0) is 0 Å². The molecule has 1 atom stereocenters. The highest BCUT2D eigenvalue weighted by Gasteiger charge is 2.12. The van der Waals surface area contributed by atoms with Gasteiger partial charge in [0.1, 0.15) is 0 Å². The van der Waals surface area contributed by atoms with E-state index in [0.717, 1.165) is 0 Å². The Morgan fingerprint density at radius 2 is 1.65 bits per heavy atom. The first kappa shape index (κ1) is 15.1. The Kier molecular flexibility index (Phi) is 4.87. The Hall–Kier alpha value is -1.28. The van der Waals surface area contributed by atoms with Gasteiger partial charge in [-0.25, -0.2) is 0 Å². The van der Waals surface area contributed by atoms with Crippen LogP contribution in [0.15, 0.2) is 35.0 Å². The van der Waals surface area contributed by atoms with Crippen molar-refractivity contribution in [2.24, 2.45) is 0 Å². The van der Waals surface area contributed by atoms with E-state index in [0.29, 0.717) is 17.9 Å². The number of anilines is 1. The maximum atomic E-state index is 3.67. The molecule has 0 saturated heterocycles. The highest BCUT2D eigenvalue weighted by molar-refractivity contribution is 7.07. The molecular weight excluding hydrogens is 262 g/mol. The third-order valence-corrected chi connectivity index (χ3v) is 4.48. The average molecular weight is 287 g/mol. The largest absolute Gasteiger partial charge is 0.378 e. The quantitative estimate of drug-likeness (QED) is 0.693. The maximum Gasteiger partial charge on any atom is 0.0493 e. The number of thiophene rings is 1. The molecule has 0 spiro atoms. The first-order chi connectivity index (χ1) is 9.49. The minimum absolute atomic E-state index is 0.351. The smallest absolute Gasteiger partial charge is 0.0493 e. The summed E-state index contributed by atoms with van der Waals surface area (Å²) < 4.78 is 0. The van der Waals surface area contributed by atoms with Crippen LogP contribution in [0.5, 0.6) is 0 Å². The van der Waals surface area contributed by atoms with Gasteiger partial charge in [-0.2, -0.15) is 11.3 Å². The van der Waals surface area contributed by atoms with Crippen molar-refractivity contribution < 1.29 is 0 Å². The summed E-state index contributed by atoms with van der Waals surface area (Å²) in [6, 6.07) is 9.40. The van der Waals surface area contributed by atoms with Gasteiger partial charge in [-0.1, -0.05) is 39.8 Å². The SMILES string of the molecule is CC(C)c1ccc(NC(C)c2ccsc2)c(C(C)C)c1. The van der Waals surface area contributed by atoms with E-state index in [4.69, 9.17) is 0 Å². The fraction of sp³-hybridized carbons (Fsp3) is 0.444. The van der Waals surface area contributed by atoms with Gasteiger partial charge in [0.05, 0.1) is 0 Å². The molecule has 20 heavy (non-hydrogen) atoms. The topological polar surface area (TPSA) is 12.0 Å². The zero-order chi connectivity index (χ0) is 14.7. The molecule has 108 valence electrons. The summed E-state index contributed by atoms with van der Waals surface area (Å²) in [5.74, 6) is 1.11. The zero-order valence-electron chi connectivity index (χ0n) is 13.1. The van der Waals surface area contributed by atoms with E-state index in [1.807, 2.05) is 0 Å². The van der Waals surface area contributed by atoms with E-state index in [-0.39, 0.29) is 0 Å². The van der Waals surface area contributed by atoms with Gasteiger partial charge >= 0.3 is 0 Å². The lowest BCUT2D eigenvalue weighted by Crippen LogP contribution is -2.09. The highest BCUT2D eigenvalue weighted by Crippen LogP contribution is 2.31. The summed E-state index contributed by atoms with van der Waals surface area (Å²) >= 11 is 1.76. The van der Waals surface area contributed by atoms with Crippen molar-refractivity contribution in [3.8, 4) is 0 Å². The molecule has 0 aliphatic carbocycles. The summed E-state index contributed by atoms with van der Waals surface area (Å²) in [4.78, 5) is 0. The molecule has 0 aliphatic rings. The Balaban J connectivity index is 2.27. The molecule has 2 aromatic rings. The normalized spacial score (nSPS) is 12.9. The van der Waals surface area contributed by atoms with E-state index < -0.39 is 0 Å². The van der Waals surface area contributed by atoms with Crippen molar-refractivity contribution in [3.63, 3.8) is 0 Å². The third kappa shape index (κ3) is 3.43. The molecule has 1 N–H and O–H groups in total. The average Bonchev–Trinajstić information content (AvgIpc) is 2.92. The first-order valence-corrected chi connectivity index (χ1v) is 8.35. The fourth-order valence-corrected chi connectivity index (χ4v) is 3.14. The minimum atomic E-state index is 0.351. The predicted molar refractivity (Wildman–Crippen MR) is 91.0 cm³/mol. The van der Waals surface area contributed by atoms with E-state index >= 15 is 0 Å². The fourth-order valence-electron chi connectivity index (χ4n) is 2.39. The van der Waals surface area contributed by atoms with Crippen molar-refractivity contribution in [2.45, 2.75) is 52.5 Å². The number of hydrogen-bond acceptors (Lipinski definition) is 2. The maximum absolute atomic E-state index is 3.67.